The summed E-state index contributed by atoms with van der Waals surface area (Å²) in [7, 11) is 0. The predicted molar refractivity (Wildman–Crippen MR) is 68.3 cm³/mol. The van der Waals surface area contributed by atoms with Crippen molar-refractivity contribution in [3.8, 4) is 0 Å². The highest BCUT2D eigenvalue weighted by molar-refractivity contribution is 4.48. The second kappa shape index (κ2) is 12.0. The molecule has 0 atom stereocenters. The van der Waals surface area contributed by atoms with E-state index in [0.717, 1.165) is 19.1 Å². The summed E-state index contributed by atoms with van der Waals surface area (Å²) < 4.78 is 5.52. The standard InChI is InChI=1S/C14H30O/c1-4-5-12-15-13-10-8-6-7-9-11-14(2)3/h14H,4-13H2,1-3H3. The largest absolute Gasteiger partial charge is 0.381 e. The summed E-state index contributed by atoms with van der Waals surface area (Å²) in [6, 6.07) is 0. The zero-order chi connectivity index (χ0) is 11.4. The molecule has 0 aliphatic rings. The van der Waals surface area contributed by atoms with Crippen molar-refractivity contribution in [2.24, 2.45) is 5.92 Å². The highest BCUT2D eigenvalue weighted by atomic mass is 16.5. The van der Waals surface area contributed by atoms with Gasteiger partial charge in [-0.2, -0.15) is 0 Å². The summed E-state index contributed by atoms with van der Waals surface area (Å²) in [6.45, 7) is 8.76. The lowest BCUT2D eigenvalue weighted by Crippen LogP contribution is -1.96. The van der Waals surface area contributed by atoms with E-state index < -0.39 is 0 Å². The van der Waals surface area contributed by atoms with Crippen LogP contribution in [0.25, 0.3) is 0 Å². The van der Waals surface area contributed by atoms with Crippen LogP contribution in [0.5, 0.6) is 0 Å². The highest BCUT2D eigenvalue weighted by Gasteiger charge is 1.94. The molecule has 1 heteroatoms. The summed E-state index contributed by atoms with van der Waals surface area (Å²) in [4.78, 5) is 0. The predicted octanol–water partition coefficient (Wildman–Crippen LogP) is 4.80. The molecular formula is C14H30O. The van der Waals surface area contributed by atoms with Crippen molar-refractivity contribution in [2.75, 3.05) is 13.2 Å². The van der Waals surface area contributed by atoms with Gasteiger partial charge in [-0.25, -0.2) is 0 Å². The third-order valence-electron chi connectivity index (χ3n) is 2.71. The fourth-order valence-corrected chi connectivity index (χ4v) is 1.64. The van der Waals surface area contributed by atoms with Gasteiger partial charge in [0, 0.05) is 13.2 Å². The molecule has 0 aromatic rings. The van der Waals surface area contributed by atoms with E-state index in [1.165, 1.54) is 51.4 Å². The van der Waals surface area contributed by atoms with Crippen molar-refractivity contribution in [3.63, 3.8) is 0 Å². The molecule has 0 bridgehead atoms. The van der Waals surface area contributed by atoms with Crippen molar-refractivity contribution in [2.45, 2.75) is 72.1 Å². The van der Waals surface area contributed by atoms with Gasteiger partial charge in [-0.1, -0.05) is 59.3 Å². The number of rotatable bonds is 11. The van der Waals surface area contributed by atoms with Crippen LogP contribution in [0.15, 0.2) is 0 Å². The molecule has 0 saturated heterocycles. The van der Waals surface area contributed by atoms with E-state index in [9.17, 15) is 0 Å². The van der Waals surface area contributed by atoms with Crippen LogP contribution in [0, 0.1) is 5.92 Å². The minimum Gasteiger partial charge on any atom is -0.381 e. The fourth-order valence-electron chi connectivity index (χ4n) is 1.64. The molecule has 0 unspecified atom stereocenters. The second-order valence-corrected chi connectivity index (χ2v) is 4.92. The number of unbranched alkanes of at least 4 members (excludes halogenated alkanes) is 5. The van der Waals surface area contributed by atoms with E-state index in [0.29, 0.717) is 0 Å². The molecule has 0 aliphatic heterocycles. The van der Waals surface area contributed by atoms with E-state index in [1.807, 2.05) is 0 Å². The summed E-state index contributed by atoms with van der Waals surface area (Å²) in [6.07, 6.45) is 10.7. The Kier molecular flexibility index (Phi) is 12.0. The molecule has 0 N–H and O–H groups in total. The van der Waals surface area contributed by atoms with Gasteiger partial charge in [0.2, 0.25) is 0 Å². The summed E-state index contributed by atoms with van der Waals surface area (Å²) in [5.74, 6) is 0.877. The van der Waals surface area contributed by atoms with Gasteiger partial charge in [-0.3, -0.25) is 0 Å². The maximum atomic E-state index is 5.52. The molecule has 0 radical (unpaired) electrons. The van der Waals surface area contributed by atoms with E-state index in [1.54, 1.807) is 0 Å². The molecule has 0 aromatic heterocycles. The van der Waals surface area contributed by atoms with E-state index in [-0.39, 0.29) is 0 Å². The summed E-state index contributed by atoms with van der Waals surface area (Å²) in [5.41, 5.74) is 0. The van der Waals surface area contributed by atoms with Crippen LogP contribution in [0.2, 0.25) is 0 Å². The Bertz CT molecular complexity index is 110. The molecular weight excluding hydrogens is 184 g/mol. The molecule has 0 aliphatic carbocycles. The monoisotopic (exact) mass is 214 g/mol. The molecule has 0 amide bonds. The Labute approximate surface area is 96.6 Å². The third kappa shape index (κ3) is 14.0. The van der Waals surface area contributed by atoms with Gasteiger partial charge >= 0.3 is 0 Å². The number of hydrogen-bond donors (Lipinski definition) is 0. The lowest BCUT2D eigenvalue weighted by molar-refractivity contribution is 0.127. The van der Waals surface area contributed by atoms with E-state index >= 15 is 0 Å². The van der Waals surface area contributed by atoms with Crippen LogP contribution in [0.3, 0.4) is 0 Å². The minimum atomic E-state index is 0.877. The topological polar surface area (TPSA) is 9.23 Å². The SMILES string of the molecule is CCCCOCCCCCCCC(C)C. The van der Waals surface area contributed by atoms with Crippen molar-refractivity contribution < 1.29 is 4.74 Å². The van der Waals surface area contributed by atoms with Gasteiger partial charge < -0.3 is 4.74 Å². The smallest absolute Gasteiger partial charge is 0.0466 e. The molecule has 0 fully saturated rings. The van der Waals surface area contributed by atoms with Crippen molar-refractivity contribution >= 4 is 0 Å². The van der Waals surface area contributed by atoms with Gasteiger partial charge in [0.05, 0.1) is 0 Å². The lowest BCUT2D eigenvalue weighted by atomic mass is 10.0. The Morgan fingerprint density at radius 1 is 0.800 bits per heavy atom. The summed E-state index contributed by atoms with van der Waals surface area (Å²) >= 11 is 0. The Morgan fingerprint density at radius 2 is 1.40 bits per heavy atom. The van der Waals surface area contributed by atoms with Gasteiger partial charge in [0.1, 0.15) is 0 Å². The molecule has 0 spiro atoms. The molecule has 0 aromatic carbocycles. The van der Waals surface area contributed by atoms with E-state index in [2.05, 4.69) is 20.8 Å². The molecule has 0 rings (SSSR count). The van der Waals surface area contributed by atoms with Crippen molar-refractivity contribution in [3.05, 3.63) is 0 Å². The van der Waals surface area contributed by atoms with Gasteiger partial charge in [0.15, 0.2) is 0 Å². The first-order valence-corrected chi connectivity index (χ1v) is 6.85. The summed E-state index contributed by atoms with van der Waals surface area (Å²) in [5, 5.41) is 0. The first-order chi connectivity index (χ1) is 7.27. The van der Waals surface area contributed by atoms with Crippen LogP contribution in [0.4, 0.5) is 0 Å². The lowest BCUT2D eigenvalue weighted by Gasteiger charge is -2.05. The molecule has 0 heterocycles. The van der Waals surface area contributed by atoms with E-state index in [4.69, 9.17) is 4.74 Å². The molecule has 15 heavy (non-hydrogen) atoms. The molecule has 1 nitrogen and oxygen atoms in total. The first kappa shape index (κ1) is 15.0. The van der Waals surface area contributed by atoms with Crippen LogP contribution in [0.1, 0.15) is 72.1 Å². The van der Waals surface area contributed by atoms with Gasteiger partial charge in [-0.15, -0.1) is 0 Å². The second-order valence-electron chi connectivity index (χ2n) is 4.92. The maximum Gasteiger partial charge on any atom is 0.0466 e. The number of ether oxygens (including phenoxy) is 1. The van der Waals surface area contributed by atoms with Gasteiger partial charge in [0.25, 0.3) is 0 Å². The Hall–Kier alpha value is -0.0400. The maximum absolute atomic E-state index is 5.52. The first-order valence-electron chi connectivity index (χ1n) is 6.85. The Morgan fingerprint density at radius 3 is 2.07 bits per heavy atom. The normalized spacial score (nSPS) is 11.2. The Balaban J connectivity index is 2.87. The van der Waals surface area contributed by atoms with Gasteiger partial charge in [-0.05, 0) is 18.8 Å². The van der Waals surface area contributed by atoms with Crippen molar-refractivity contribution in [1.29, 1.82) is 0 Å². The quantitative estimate of drug-likeness (QED) is 0.449. The molecule has 92 valence electrons. The molecule has 0 saturated carbocycles. The number of hydrogen-bond acceptors (Lipinski definition) is 1. The fraction of sp³-hybridized carbons (Fsp3) is 1.00. The highest BCUT2D eigenvalue weighted by Crippen LogP contribution is 2.10. The third-order valence-corrected chi connectivity index (χ3v) is 2.71. The minimum absolute atomic E-state index is 0.877. The van der Waals surface area contributed by atoms with Crippen LogP contribution < -0.4 is 0 Å². The zero-order valence-corrected chi connectivity index (χ0v) is 11.1. The zero-order valence-electron chi connectivity index (χ0n) is 11.1. The van der Waals surface area contributed by atoms with Crippen molar-refractivity contribution in [1.82, 2.24) is 0 Å². The van der Waals surface area contributed by atoms with Crippen LogP contribution in [-0.2, 0) is 4.74 Å². The average molecular weight is 214 g/mol. The van der Waals surface area contributed by atoms with Crippen LogP contribution >= 0.6 is 0 Å². The average Bonchev–Trinajstić information content (AvgIpc) is 2.20. The van der Waals surface area contributed by atoms with Crippen LogP contribution in [-0.4, -0.2) is 13.2 Å².